The minimum Gasteiger partial charge on any atom is -0.272 e. The largest absolute Gasteiger partial charge is 0.272 e. The lowest BCUT2D eigenvalue weighted by Gasteiger charge is -1.95. The molecular weight excluding hydrogens is 256 g/mol. The summed E-state index contributed by atoms with van der Waals surface area (Å²) in [6.07, 6.45) is 7.19. The maximum absolute atomic E-state index is 5.29. The molecule has 0 aliphatic heterocycles. The summed E-state index contributed by atoms with van der Waals surface area (Å²) < 4.78 is 3.26. The molecule has 0 bridgehead atoms. The fourth-order valence-corrected chi connectivity index (χ4v) is 1.53. The average Bonchev–Trinajstić information content (AvgIpc) is 2.49. The minimum absolute atomic E-state index is 0.620. The highest BCUT2D eigenvalue weighted by Gasteiger charge is 2.01. The van der Waals surface area contributed by atoms with E-state index in [-0.39, 0.29) is 0 Å². The van der Waals surface area contributed by atoms with Gasteiger partial charge >= 0.3 is 0 Å². The van der Waals surface area contributed by atoms with Crippen molar-refractivity contribution in [3.63, 3.8) is 0 Å². The molecule has 0 saturated heterocycles. The summed E-state index contributed by atoms with van der Waals surface area (Å²) in [6, 6.07) is 7.34. The molecule has 0 N–H and O–H groups in total. The number of hydrogen-bond acceptors (Lipinski definition) is 4. The number of hydrogen-bond donors (Lipinski definition) is 0. The van der Waals surface area contributed by atoms with Crippen LogP contribution in [-0.2, 0) is 0 Å². The van der Waals surface area contributed by atoms with Crippen LogP contribution in [0.5, 0.6) is 0 Å². The SMILES string of the molecule is CCO[n+]1ccc(N=Nc2cc[n+](OCC)cc2)cc1. The molecule has 0 fully saturated rings. The number of rotatable bonds is 6. The standard InChI is InChI=1S/C14H18N4O2/c1-3-19-17-9-5-13(6-10-17)15-16-14-7-11-18(12-8-14)20-4-2/h5-12H,3-4H2,1-2H3/q+2. The summed E-state index contributed by atoms with van der Waals surface area (Å²) in [4.78, 5) is 10.6. The van der Waals surface area contributed by atoms with Crippen molar-refractivity contribution in [1.82, 2.24) is 0 Å². The maximum atomic E-state index is 5.29. The zero-order chi connectivity index (χ0) is 14.2. The fraction of sp³-hybridized carbons (Fsp3) is 0.286. The predicted molar refractivity (Wildman–Crippen MR) is 71.7 cm³/mol. The van der Waals surface area contributed by atoms with Crippen LogP contribution in [0, 0.1) is 0 Å². The lowest BCUT2D eigenvalue weighted by atomic mass is 10.4. The second kappa shape index (κ2) is 7.18. The topological polar surface area (TPSA) is 50.9 Å². The van der Waals surface area contributed by atoms with E-state index in [1.807, 2.05) is 38.1 Å². The predicted octanol–water partition coefficient (Wildman–Crippen LogP) is 1.57. The molecule has 2 heterocycles. The van der Waals surface area contributed by atoms with Gasteiger partial charge in [-0.05, 0) is 13.8 Å². The van der Waals surface area contributed by atoms with E-state index in [2.05, 4.69) is 10.2 Å². The van der Waals surface area contributed by atoms with Crippen LogP contribution in [0.2, 0.25) is 0 Å². The molecule has 0 atom stereocenters. The summed E-state index contributed by atoms with van der Waals surface area (Å²) in [7, 11) is 0. The van der Waals surface area contributed by atoms with E-state index >= 15 is 0 Å². The van der Waals surface area contributed by atoms with Gasteiger partial charge < -0.3 is 0 Å². The van der Waals surface area contributed by atoms with Gasteiger partial charge in [0.05, 0.1) is 11.4 Å². The summed E-state index contributed by atoms with van der Waals surface area (Å²) in [5.41, 5.74) is 1.53. The lowest BCUT2D eigenvalue weighted by molar-refractivity contribution is -0.890. The summed E-state index contributed by atoms with van der Waals surface area (Å²) in [5, 5.41) is 8.32. The molecule has 2 rings (SSSR count). The molecule has 0 aromatic carbocycles. The molecule has 0 aliphatic carbocycles. The molecule has 6 nitrogen and oxygen atoms in total. The first kappa shape index (κ1) is 13.9. The van der Waals surface area contributed by atoms with E-state index in [0.717, 1.165) is 11.4 Å². The first-order valence-electron chi connectivity index (χ1n) is 6.52. The molecule has 2 aromatic rings. The average molecular weight is 274 g/mol. The smallest absolute Gasteiger partial charge is 0.224 e. The Morgan fingerprint density at radius 3 is 1.40 bits per heavy atom. The fourth-order valence-electron chi connectivity index (χ4n) is 1.53. The Morgan fingerprint density at radius 2 is 1.10 bits per heavy atom. The van der Waals surface area contributed by atoms with E-state index in [9.17, 15) is 0 Å². The second-order valence-corrected chi connectivity index (χ2v) is 3.87. The van der Waals surface area contributed by atoms with Crippen molar-refractivity contribution in [3.05, 3.63) is 49.1 Å². The normalized spacial score (nSPS) is 10.7. The van der Waals surface area contributed by atoms with Crippen LogP contribution < -0.4 is 19.1 Å². The highest BCUT2D eigenvalue weighted by molar-refractivity contribution is 5.35. The van der Waals surface area contributed by atoms with Crippen molar-refractivity contribution < 1.29 is 19.1 Å². The molecule has 2 aromatic heterocycles. The number of nitrogens with zero attached hydrogens (tertiary/aromatic N) is 4. The Balaban J connectivity index is 2.01. The first-order valence-corrected chi connectivity index (χ1v) is 6.52. The molecule has 0 unspecified atom stereocenters. The van der Waals surface area contributed by atoms with Gasteiger partial charge in [0.2, 0.25) is 24.8 Å². The second-order valence-electron chi connectivity index (χ2n) is 3.87. The van der Waals surface area contributed by atoms with E-state index in [1.165, 1.54) is 0 Å². The van der Waals surface area contributed by atoms with Gasteiger partial charge in [-0.2, -0.15) is 10.2 Å². The van der Waals surface area contributed by atoms with Crippen molar-refractivity contribution in [1.29, 1.82) is 0 Å². The minimum atomic E-state index is 0.620. The summed E-state index contributed by atoms with van der Waals surface area (Å²) in [5.74, 6) is 0. The summed E-state index contributed by atoms with van der Waals surface area (Å²) in [6.45, 7) is 5.11. The summed E-state index contributed by atoms with van der Waals surface area (Å²) >= 11 is 0. The molecule has 6 heteroatoms. The van der Waals surface area contributed by atoms with Crippen LogP contribution in [0.3, 0.4) is 0 Å². The Kier molecular flexibility index (Phi) is 5.00. The first-order chi connectivity index (χ1) is 9.81. The number of azo groups is 1. The van der Waals surface area contributed by atoms with Gasteiger partial charge in [-0.3, -0.25) is 9.68 Å². The van der Waals surface area contributed by atoms with Crippen LogP contribution in [0.25, 0.3) is 0 Å². The van der Waals surface area contributed by atoms with Crippen LogP contribution >= 0.6 is 0 Å². The molecule has 0 spiro atoms. The molecule has 0 aliphatic rings. The van der Waals surface area contributed by atoms with Crippen LogP contribution in [-0.4, -0.2) is 13.2 Å². The Labute approximate surface area is 117 Å². The Bertz CT molecular complexity index is 501. The van der Waals surface area contributed by atoms with Crippen molar-refractivity contribution in [2.75, 3.05) is 13.2 Å². The molecule has 20 heavy (non-hydrogen) atoms. The third-order valence-corrected chi connectivity index (χ3v) is 2.41. The molecule has 0 amide bonds. The van der Waals surface area contributed by atoms with E-state index in [1.54, 1.807) is 34.2 Å². The highest BCUT2D eigenvalue weighted by Crippen LogP contribution is 2.14. The highest BCUT2D eigenvalue weighted by atomic mass is 16.7. The van der Waals surface area contributed by atoms with Crippen molar-refractivity contribution in [2.45, 2.75) is 13.8 Å². The molecular formula is C14H18N4O2+2. The molecule has 0 saturated carbocycles. The maximum Gasteiger partial charge on any atom is 0.224 e. The van der Waals surface area contributed by atoms with Gasteiger partial charge in [0.25, 0.3) is 0 Å². The van der Waals surface area contributed by atoms with Gasteiger partial charge in [0.1, 0.15) is 0 Å². The van der Waals surface area contributed by atoms with Crippen molar-refractivity contribution in [2.24, 2.45) is 10.2 Å². The number of pyridine rings is 2. The van der Waals surface area contributed by atoms with Gasteiger partial charge in [0.15, 0.2) is 13.2 Å². The van der Waals surface area contributed by atoms with Gasteiger partial charge in [-0.25, -0.2) is 0 Å². The van der Waals surface area contributed by atoms with Gasteiger partial charge in [0, 0.05) is 33.7 Å². The third-order valence-electron chi connectivity index (χ3n) is 2.41. The van der Waals surface area contributed by atoms with E-state index < -0.39 is 0 Å². The monoisotopic (exact) mass is 274 g/mol. The van der Waals surface area contributed by atoms with Gasteiger partial charge in [-0.1, -0.05) is 0 Å². The van der Waals surface area contributed by atoms with Crippen LogP contribution in [0.15, 0.2) is 59.3 Å². The van der Waals surface area contributed by atoms with Crippen LogP contribution in [0.1, 0.15) is 13.8 Å². The molecule has 0 radical (unpaired) electrons. The third kappa shape index (κ3) is 4.01. The number of aromatic nitrogens is 2. The zero-order valence-electron chi connectivity index (χ0n) is 11.6. The lowest BCUT2D eigenvalue weighted by Crippen LogP contribution is -2.41. The Morgan fingerprint density at radius 1 is 0.750 bits per heavy atom. The molecule has 104 valence electrons. The van der Waals surface area contributed by atoms with E-state index in [0.29, 0.717) is 13.2 Å². The van der Waals surface area contributed by atoms with Crippen LogP contribution in [0.4, 0.5) is 11.4 Å². The van der Waals surface area contributed by atoms with Gasteiger partial charge in [-0.15, -0.1) is 0 Å². The van der Waals surface area contributed by atoms with Crippen molar-refractivity contribution >= 4 is 11.4 Å². The zero-order valence-corrected chi connectivity index (χ0v) is 11.6. The quantitative estimate of drug-likeness (QED) is 0.593. The van der Waals surface area contributed by atoms with E-state index in [4.69, 9.17) is 9.68 Å². The van der Waals surface area contributed by atoms with Crippen molar-refractivity contribution in [3.8, 4) is 0 Å². The Hall–Kier alpha value is -2.50.